The molecule has 5 N–H and O–H groups in total. The van der Waals surface area contributed by atoms with E-state index in [0.717, 1.165) is 10.0 Å². The molecule has 0 amide bonds. The number of hydrogen-bond acceptors (Lipinski definition) is 5. The van der Waals surface area contributed by atoms with Crippen molar-refractivity contribution in [2.75, 3.05) is 17.6 Å². The van der Waals surface area contributed by atoms with E-state index in [1.54, 1.807) is 24.4 Å². The highest BCUT2D eigenvalue weighted by molar-refractivity contribution is 9.10. The molecule has 0 aliphatic carbocycles. The summed E-state index contributed by atoms with van der Waals surface area (Å²) in [4.78, 5) is 4.29. The lowest BCUT2D eigenvalue weighted by atomic mass is 10.1. The Morgan fingerprint density at radius 3 is 2.48 bits per heavy atom. The molecular formula is C13H15BrN4O2S. The molecule has 0 saturated heterocycles. The Labute approximate surface area is 131 Å². The van der Waals surface area contributed by atoms with Crippen LogP contribution in [0.15, 0.2) is 45.9 Å². The van der Waals surface area contributed by atoms with Crippen molar-refractivity contribution in [1.82, 2.24) is 4.98 Å². The minimum Gasteiger partial charge on any atom is -0.396 e. The van der Waals surface area contributed by atoms with Gasteiger partial charge in [-0.2, -0.15) is 0 Å². The van der Waals surface area contributed by atoms with Crippen molar-refractivity contribution in [2.45, 2.75) is 11.3 Å². The highest BCUT2D eigenvalue weighted by Gasteiger charge is 2.06. The highest BCUT2D eigenvalue weighted by atomic mass is 79.9. The van der Waals surface area contributed by atoms with Gasteiger partial charge in [0, 0.05) is 17.2 Å². The van der Waals surface area contributed by atoms with Crippen molar-refractivity contribution in [3.63, 3.8) is 0 Å². The molecule has 21 heavy (non-hydrogen) atoms. The standard InChI is InChI=1S/C13H15BrN4O2S/c14-10-7-12(15)13(18-8-10)17-6-5-9-1-3-11(4-2-9)21(16,19)20/h1-4,7-8H,5-6,15H2,(H,17,18)(H2,16,19,20). The van der Waals surface area contributed by atoms with Crippen molar-refractivity contribution >= 4 is 37.5 Å². The topological polar surface area (TPSA) is 111 Å². The third-order valence-electron chi connectivity index (χ3n) is 2.84. The number of primary sulfonamides is 1. The van der Waals surface area contributed by atoms with Gasteiger partial charge in [-0.05, 0) is 46.1 Å². The number of aromatic nitrogens is 1. The van der Waals surface area contributed by atoms with Gasteiger partial charge in [-0.3, -0.25) is 0 Å². The van der Waals surface area contributed by atoms with Gasteiger partial charge in [-0.1, -0.05) is 12.1 Å². The fourth-order valence-corrected chi connectivity index (χ4v) is 2.64. The van der Waals surface area contributed by atoms with Crippen LogP contribution in [0.1, 0.15) is 5.56 Å². The molecule has 0 aliphatic heterocycles. The molecule has 0 fully saturated rings. The van der Waals surface area contributed by atoms with Crippen LogP contribution in [0.2, 0.25) is 0 Å². The zero-order valence-electron chi connectivity index (χ0n) is 11.1. The third kappa shape index (κ3) is 4.42. The SMILES string of the molecule is Nc1cc(Br)cnc1NCCc1ccc(S(N)(=O)=O)cc1. The van der Waals surface area contributed by atoms with Gasteiger partial charge < -0.3 is 11.1 Å². The quantitative estimate of drug-likeness (QED) is 0.741. The number of anilines is 2. The molecule has 1 heterocycles. The molecule has 1 aromatic heterocycles. The molecule has 8 heteroatoms. The second kappa shape index (κ2) is 6.42. The average molecular weight is 371 g/mol. The summed E-state index contributed by atoms with van der Waals surface area (Å²) in [6.07, 6.45) is 2.38. The van der Waals surface area contributed by atoms with Gasteiger partial charge in [0.25, 0.3) is 0 Å². The van der Waals surface area contributed by atoms with Crippen molar-refractivity contribution in [3.8, 4) is 0 Å². The number of benzene rings is 1. The third-order valence-corrected chi connectivity index (χ3v) is 4.20. The molecule has 1 aromatic carbocycles. The molecule has 2 aromatic rings. The highest BCUT2D eigenvalue weighted by Crippen LogP contribution is 2.19. The molecule has 0 unspecified atom stereocenters. The van der Waals surface area contributed by atoms with Crippen LogP contribution in [-0.2, 0) is 16.4 Å². The molecule has 0 radical (unpaired) electrons. The number of nitrogens with two attached hydrogens (primary N) is 2. The van der Waals surface area contributed by atoms with Crippen LogP contribution in [0.4, 0.5) is 11.5 Å². The zero-order chi connectivity index (χ0) is 15.5. The van der Waals surface area contributed by atoms with E-state index in [1.807, 2.05) is 0 Å². The number of rotatable bonds is 5. The normalized spacial score (nSPS) is 11.3. The second-order valence-electron chi connectivity index (χ2n) is 4.46. The maximum absolute atomic E-state index is 11.1. The summed E-state index contributed by atoms with van der Waals surface area (Å²) in [5, 5.41) is 8.18. The predicted molar refractivity (Wildman–Crippen MR) is 86.4 cm³/mol. The molecule has 0 atom stereocenters. The molecule has 0 aliphatic rings. The lowest BCUT2D eigenvalue weighted by Crippen LogP contribution is -2.12. The summed E-state index contributed by atoms with van der Waals surface area (Å²) in [7, 11) is -3.64. The van der Waals surface area contributed by atoms with E-state index in [1.165, 1.54) is 12.1 Å². The van der Waals surface area contributed by atoms with Gasteiger partial charge in [-0.15, -0.1) is 0 Å². The van der Waals surface area contributed by atoms with Crippen molar-refractivity contribution in [3.05, 3.63) is 46.6 Å². The van der Waals surface area contributed by atoms with Crippen LogP contribution in [0.5, 0.6) is 0 Å². The van der Waals surface area contributed by atoms with Crippen molar-refractivity contribution in [1.29, 1.82) is 0 Å². The summed E-state index contributed by atoms with van der Waals surface area (Å²) in [5.41, 5.74) is 7.39. The predicted octanol–water partition coefficient (Wildman–Crippen LogP) is 1.73. The van der Waals surface area contributed by atoms with Crippen molar-refractivity contribution < 1.29 is 8.42 Å². The van der Waals surface area contributed by atoms with Crippen LogP contribution in [0, 0.1) is 0 Å². The van der Waals surface area contributed by atoms with Gasteiger partial charge in [0.1, 0.15) is 5.82 Å². The average Bonchev–Trinajstić information content (AvgIpc) is 2.41. The summed E-state index contributed by atoms with van der Waals surface area (Å²) in [6, 6.07) is 8.24. The second-order valence-corrected chi connectivity index (χ2v) is 6.93. The monoisotopic (exact) mass is 370 g/mol. The Morgan fingerprint density at radius 2 is 1.90 bits per heavy atom. The van der Waals surface area contributed by atoms with Gasteiger partial charge >= 0.3 is 0 Å². The number of halogens is 1. The fraction of sp³-hybridized carbons (Fsp3) is 0.154. The summed E-state index contributed by atoms with van der Waals surface area (Å²) >= 11 is 3.29. The lowest BCUT2D eigenvalue weighted by Gasteiger charge is -2.08. The lowest BCUT2D eigenvalue weighted by molar-refractivity contribution is 0.598. The van der Waals surface area contributed by atoms with Crippen LogP contribution >= 0.6 is 15.9 Å². The van der Waals surface area contributed by atoms with Crippen LogP contribution in [0.25, 0.3) is 0 Å². The summed E-state index contributed by atoms with van der Waals surface area (Å²) in [6.45, 7) is 0.632. The van der Waals surface area contributed by atoms with E-state index in [-0.39, 0.29) is 4.90 Å². The zero-order valence-corrected chi connectivity index (χ0v) is 13.5. The number of hydrogen-bond donors (Lipinski definition) is 3. The Balaban J connectivity index is 1.94. The first kappa shape index (κ1) is 15.7. The number of nitrogen functional groups attached to an aromatic ring is 1. The molecule has 112 valence electrons. The van der Waals surface area contributed by atoms with E-state index < -0.39 is 10.0 Å². The first-order chi connectivity index (χ1) is 9.86. The fourth-order valence-electron chi connectivity index (χ4n) is 1.77. The largest absolute Gasteiger partial charge is 0.396 e. The molecule has 6 nitrogen and oxygen atoms in total. The molecule has 2 rings (SSSR count). The smallest absolute Gasteiger partial charge is 0.238 e. The van der Waals surface area contributed by atoms with Crippen LogP contribution in [-0.4, -0.2) is 19.9 Å². The molecule has 0 saturated carbocycles. The maximum Gasteiger partial charge on any atom is 0.238 e. The van der Waals surface area contributed by atoms with Crippen LogP contribution < -0.4 is 16.2 Å². The number of nitrogens with one attached hydrogen (secondary N) is 1. The Kier molecular flexibility index (Phi) is 4.81. The summed E-state index contributed by atoms with van der Waals surface area (Å²) in [5.74, 6) is 0.624. The van der Waals surface area contributed by atoms with Gasteiger partial charge in [-0.25, -0.2) is 18.5 Å². The maximum atomic E-state index is 11.1. The molecular weight excluding hydrogens is 356 g/mol. The van der Waals surface area contributed by atoms with E-state index in [4.69, 9.17) is 10.9 Å². The first-order valence-electron chi connectivity index (χ1n) is 6.13. The van der Waals surface area contributed by atoms with E-state index in [9.17, 15) is 8.42 Å². The summed E-state index contributed by atoms with van der Waals surface area (Å²) < 4.78 is 23.1. The van der Waals surface area contributed by atoms with Gasteiger partial charge in [0.15, 0.2) is 0 Å². The number of nitrogens with zero attached hydrogens (tertiary/aromatic N) is 1. The van der Waals surface area contributed by atoms with E-state index >= 15 is 0 Å². The molecule has 0 bridgehead atoms. The van der Waals surface area contributed by atoms with Crippen molar-refractivity contribution in [2.24, 2.45) is 5.14 Å². The van der Waals surface area contributed by atoms with Gasteiger partial charge in [0.2, 0.25) is 10.0 Å². The first-order valence-corrected chi connectivity index (χ1v) is 8.47. The Hall–Kier alpha value is -1.64. The minimum absolute atomic E-state index is 0.109. The Bertz CT molecular complexity index is 732. The molecule has 0 spiro atoms. The number of sulfonamides is 1. The van der Waals surface area contributed by atoms with Gasteiger partial charge in [0.05, 0.1) is 10.6 Å². The minimum atomic E-state index is -3.64. The number of pyridine rings is 1. The Morgan fingerprint density at radius 1 is 1.24 bits per heavy atom. The van der Waals surface area contributed by atoms with E-state index in [2.05, 4.69) is 26.2 Å². The van der Waals surface area contributed by atoms with Crippen LogP contribution in [0.3, 0.4) is 0 Å². The van der Waals surface area contributed by atoms with E-state index in [0.29, 0.717) is 24.5 Å².